The molecule has 1 atom stereocenters. The molecule has 1 unspecified atom stereocenters. The lowest BCUT2D eigenvalue weighted by Crippen LogP contribution is -2.45. The number of carbonyl (C=O) groups excluding carboxylic acids is 2. The number of amides is 2. The number of benzene rings is 2. The number of hydrogen-bond acceptors (Lipinski definition) is 4. The molecule has 0 bridgehead atoms. The van der Waals surface area contributed by atoms with Gasteiger partial charge in [-0.05, 0) is 29.7 Å². The topological polar surface area (TPSA) is 64.7 Å². The van der Waals surface area contributed by atoms with Gasteiger partial charge >= 0.3 is 0 Å². The number of hydrogen-bond donors (Lipinski definition) is 2. The molecule has 6 nitrogen and oxygen atoms in total. The predicted octanol–water partition coefficient (Wildman–Crippen LogP) is 3.11. The van der Waals surface area contributed by atoms with E-state index >= 15 is 0 Å². The molecule has 2 N–H and O–H groups in total. The Kier molecular flexibility index (Phi) is 8.62. The van der Waals surface area contributed by atoms with E-state index in [1.165, 1.54) is 11.1 Å². The molecular formula is C25H34N4O2. The molecule has 1 aliphatic heterocycles. The molecule has 0 aliphatic carbocycles. The SMILES string of the molecule is CCC(C)C(=O)NCC(=O)Nc1ccc(CN2CCN(Cc3ccccc3)CC2)cc1. The summed E-state index contributed by atoms with van der Waals surface area (Å²) in [4.78, 5) is 28.8. The zero-order valence-electron chi connectivity index (χ0n) is 18.6. The van der Waals surface area contributed by atoms with Crippen molar-refractivity contribution in [2.24, 2.45) is 5.92 Å². The second-order valence-corrected chi connectivity index (χ2v) is 8.31. The lowest BCUT2D eigenvalue weighted by atomic mass is 10.1. The van der Waals surface area contributed by atoms with Gasteiger partial charge in [-0.15, -0.1) is 0 Å². The maximum absolute atomic E-state index is 12.1. The molecule has 2 aromatic carbocycles. The predicted molar refractivity (Wildman–Crippen MR) is 125 cm³/mol. The first-order valence-electron chi connectivity index (χ1n) is 11.2. The van der Waals surface area contributed by atoms with Crippen LogP contribution in [0.1, 0.15) is 31.4 Å². The summed E-state index contributed by atoms with van der Waals surface area (Å²) in [6, 6.07) is 18.6. The van der Waals surface area contributed by atoms with Crippen molar-refractivity contribution in [1.29, 1.82) is 0 Å². The molecule has 2 aromatic rings. The first-order valence-corrected chi connectivity index (χ1v) is 11.2. The molecule has 0 saturated carbocycles. The average molecular weight is 423 g/mol. The van der Waals surface area contributed by atoms with Crippen molar-refractivity contribution in [1.82, 2.24) is 15.1 Å². The Labute approximate surface area is 185 Å². The van der Waals surface area contributed by atoms with Gasteiger partial charge in [0.25, 0.3) is 0 Å². The van der Waals surface area contributed by atoms with Gasteiger partial charge in [0.15, 0.2) is 0 Å². The maximum atomic E-state index is 12.1. The zero-order valence-corrected chi connectivity index (χ0v) is 18.6. The Morgan fingerprint density at radius 1 is 0.871 bits per heavy atom. The van der Waals surface area contributed by atoms with E-state index < -0.39 is 0 Å². The monoisotopic (exact) mass is 422 g/mol. The summed E-state index contributed by atoms with van der Waals surface area (Å²) in [5.74, 6) is -0.372. The Balaban J connectivity index is 1.38. The van der Waals surface area contributed by atoms with Gasteiger partial charge in [-0.25, -0.2) is 0 Å². The van der Waals surface area contributed by atoms with Crippen LogP contribution in [0.3, 0.4) is 0 Å². The van der Waals surface area contributed by atoms with Crippen molar-refractivity contribution in [3.63, 3.8) is 0 Å². The second kappa shape index (κ2) is 11.6. The largest absolute Gasteiger partial charge is 0.347 e. The van der Waals surface area contributed by atoms with E-state index in [0.717, 1.165) is 51.4 Å². The van der Waals surface area contributed by atoms with E-state index in [9.17, 15) is 9.59 Å². The van der Waals surface area contributed by atoms with Crippen molar-refractivity contribution in [3.8, 4) is 0 Å². The minimum atomic E-state index is -0.209. The van der Waals surface area contributed by atoms with Crippen LogP contribution < -0.4 is 10.6 Å². The van der Waals surface area contributed by atoms with Gasteiger partial charge in [0.2, 0.25) is 11.8 Å². The normalized spacial score (nSPS) is 15.9. The molecule has 1 fully saturated rings. The van der Waals surface area contributed by atoms with Gasteiger partial charge in [-0.2, -0.15) is 0 Å². The molecule has 0 aromatic heterocycles. The summed E-state index contributed by atoms with van der Waals surface area (Å²) in [6.45, 7) is 10.0. The molecule has 166 valence electrons. The zero-order chi connectivity index (χ0) is 22.1. The fourth-order valence-corrected chi connectivity index (χ4v) is 3.63. The van der Waals surface area contributed by atoms with Gasteiger partial charge in [-0.3, -0.25) is 19.4 Å². The molecule has 6 heteroatoms. The summed E-state index contributed by atoms with van der Waals surface area (Å²) in [6.07, 6.45) is 0.761. The summed E-state index contributed by atoms with van der Waals surface area (Å²) >= 11 is 0. The minimum Gasteiger partial charge on any atom is -0.347 e. The van der Waals surface area contributed by atoms with Crippen molar-refractivity contribution in [3.05, 3.63) is 65.7 Å². The maximum Gasteiger partial charge on any atom is 0.243 e. The molecule has 3 rings (SSSR count). The first-order chi connectivity index (χ1) is 15.0. The highest BCUT2D eigenvalue weighted by Gasteiger charge is 2.17. The number of rotatable bonds is 9. The number of piperazine rings is 1. The third kappa shape index (κ3) is 7.49. The second-order valence-electron chi connectivity index (χ2n) is 8.31. The fourth-order valence-electron chi connectivity index (χ4n) is 3.63. The van der Waals surface area contributed by atoms with Crippen LogP contribution in [0, 0.1) is 5.92 Å². The van der Waals surface area contributed by atoms with E-state index in [1.807, 2.05) is 26.0 Å². The smallest absolute Gasteiger partial charge is 0.243 e. The van der Waals surface area contributed by atoms with Crippen LogP contribution in [0.5, 0.6) is 0 Å². The van der Waals surface area contributed by atoms with Gasteiger partial charge in [0.05, 0.1) is 6.54 Å². The van der Waals surface area contributed by atoms with Crippen LogP contribution in [-0.2, 0) is 22.7 Å². The number of nitrogens with one attached hydrogen (secondary N) is 2. The van der Waals surface area contributed by atoms with E-state index in [2.05, 4.69) is 62.9 Å². The highest BCUT2D eigenvalue weighted by Crippen LogP contribution is 2.14. The highest BCUT2D eigenvalue weighted by molar-refractivity contribution is 5.94. The van der Waals surface area contributed by atoms with Crippen LogP contribution in [0.2, 0.25) is 0 Å². The molecule has 1 saturated heterocycles. The summed E-state index contributed by atoms with van der Waals surface area (Å²) in [5, 5.41) is 5.52. The fraction of sp³-hybridized carbons (Fsp3) is 0.440. The van der Waals surface area contributed by atoms with Gasteiger partial charge < -0.3 is 10.6 Å². The van der Waals surface area contributed by atoms with Gasteiger partial charge in [0, 0.05) is 50.9 Å². The third-order valence-corrected chi connectivity index (χ3v) is 5.84. The number of anilines is 1. The summed E-state index contributed by atoms with van der Waals surface area (Å²) in [5.41, 5.74) is 3.35. The lowest BCUT2D eigenvalue weighted by Gasteiger charge is -2.34. The summed E-state index contributed by atoms with van der Waals surface area (Å²) < 4.78 is 0. The Morgan fingerprint density at radius 3 is 1.97 bits per heavy atom. The average Bonchev–Trinajstić information content (AvgIpc) is 2.80. The van der Waals surface area contributed by atoms with E-state index in [-0.39, 0.29) is 24.3 Å². The highest BCUT2D eigenvalue weighted by atomic mass is 16.2. The van der Waals surface area contributed by atoms with Crippen LogP contribution in [0.4, 0.5) is 5.69 Å². The van der Waals surface area contributed by atoms with Crippen molar-refractivity contribution >= 4 is 17.5 Å². The molecular weight excluding hydrogens is 388 g/mol. The minimum absolute atomic E-state index is 0.00180. The summed E-state index contributed by atoms with van der Waals surface area (Å²) in [7, 11) is 0. The van der Waals surface area contributed by atoms with E-state index in [1.54, 1.807) is 0 Å². The van der Waals surface area contributed by atoms with E-state index in [0.29, 0.717) is 0 Å². The molecule has 0 spiro atoms. The molecule has 0 radical (unpaired) electrons. The lowest BCUT2D eigenvalue weighted by molar-refractivity contribution is -0.126. The van der Waals surface area contributed by atoms with Crippen LogP contribution in [0.25, 0.3) is 0 Å². The van der Waals surface area contributed by atoms with E-state index in [4.69, 9.17) is 0 Å². The standard InChI is InChI=1S/C25H34N4O2/c1-3-20(2)25(31)26-17-24(30)27-23-11-9-22(10-12-23)19-29-15-13-28(14-16-29)18-21-7-5-4-6-8-21/h4-12,20H,3,13-19H2,1-2H3,(H,26,31)(H,27,30). The first kappa shape index (κ1) is 23.0. The van der Waals surface area contributed by atoms with Crippen molar-refractivity contribution in [2.75, 3.05) is 38.0 Å². The third-order valence-electron chi connectivity index (χ3n) is 5.84. The molecule has 31 heavy (non-hydrogen) atoms. The van der Waals surface area contributed by atoms with Crippen LogP contribution >= 0.6 is 0 Å². The van der Waals surface area contributed by atoms with Gasteiger partial charge in [-0.1, -0.05) is 56.3 Å². The van der Waals surface area contributed by atoms with Crippen molar-refractivity contribution < 1.29 is 9.59 Å². The quantitative estimate of drug-likeness (QED) is 0.652. The van der Waals surface area contributed by atoms with Crippen molar-refractivity contribution in [2.45, 2.75) is 33.4 Å². The Bertz CT molecular complexity index is 830. The molecule has 2 amide bonds. The van der Waals surface area contributed by atoms with Gasteiger partial charge in [0.1, 0.15) is 0 Å². The Hall–Kier alpha value is -2.70. The number of carbonyl (C=O) groups is 2. The van der Waals surface area contributed by atoms with Crippen LogP contribution in [-0.4, -0.2) is 54.3 Å². The number of nitrogens with zero attached hydrogens (tertiary/aromatic N) is 2. The van der Waals surface area contributed by atoms with Crippen LogP contribution in [0.15, 0.2) is 54.6 Å². The Morgan fingerprint density at radius 2 is 1.42 bits per heavy atom. The molecule has 1 aliphatic rings. The molecule has 1 heterocycles.